The van der Waals surface area contributed by atoms with E-state index in [1.807, 2.05) is 0 Å². The van der Waals surface area contributed by atoms with E-state index in [0.29, 0.717) is 0 Å². The van der Waals surface area contributed by atoms with Crippen LogP contribution in [0.5, 0.6) is 0 Å². The van der Waals surface area contributed by atoms with Crippen molar-refractivity contribution in [3.05, 3.63) is 0 Å². The van der Waals surface area contributed by atoms with Crippen LogP contribution in [0.25, 0.3) is 0 Å². The second kappa shape index (κ2) is 11.5. The van der Waals surface area contributed by atoms with E-state index in [0.717, 1.165) is 0 Å². The van der Waals surface area contributed by atoms with Crippen molar-refractivity contribution in [2.75, 3.05) is 24.6 Å². The van der Waals surface area contributed by atoms with E-state index >= 15 is 0 Å². The molecule has 0 saturated heterocycles. The molecule has 0 atom stereocenters. The molecule has 0 aromatic heterocycles. The monoisotopic (exact) mass is 260 g/mol. The Morgan fingerprint density at radius 3 is 1.41 bits per heavy atom. The van der Waals surface area contributed by atoms with Gasteiger partial charge in [-0.05, 0) is 0 Å². The summed E-state index contributed by atoms with van der Waals surface area (Å²) in [4.78, 5) is 0. The van der Waals surface area contributed by atoms with Crippen molar-refractivity contribution in [2.45, 2.75) is 79.1 Å². The number of unbranched alkanes of at least 4 members (excludes halogenated alkanes) is 6. The molecular weight excluding hydrogens is 223 g/mol. The van der Waals surface area contributed by atoms with Gasteiger partial charge in [-0.2, -0.15) is 0 Å². The summed E-state index contributed by atoms with van der Waals surface area (Å²) < 4.78 is 0. The molecule has 0 aliphatic rings. The average molecular weight is 260 g/mol. The molecule has 1 heteroatoms. The minimum absolute atomic E-state index is 0.841. The van der Waals surface area contributed by atoms with Gasteiger partial charge in [-0.1, -0.05) is 0 Å². The molecule has 0 spiro atoms. The van der Waals surface area contributed by atoms with Gasteiger partial charge in [0.2, 0.25) is 0 Å². The molecule has 17 heavy (non-hydrogen) atoms. The predicted octanol–water partition coefficient (Wildman–Crippen LogP) is 5.94. The third-order valence-electron chi connectivity index (χ3n) is 4.62. The summed E-state index contributed by atoms with van der Waals surface area (Å²) in [6, 6.07) is 0. The van der Waals surface area contributed by atoms with Crippen molar-refractivity contribution >= 4 is 7.26 Å². The van der Waals surface area contributed by atoms with E-state index in [9.17, 15) is 0 Å². The van der Waals surface area contributed by atoms with Crippen molar-refractivity contribution < 1.29 is 0 Å². The molecule has 0 amide bonds. The van der Waals surface area contributed by atoms with Gasteiger partial charge in [0.05, 0.1) is 0 Å². The first-order chi connectivity index (χ1) is 8.24. The number of hydrogen-bond donors (Lipinski definition) is 0. The van der Waals surface area contributed by atoms with Crippen LogP contribution in [-0.4, -0.2) is 24.6 Å². The summed E-state index contributed by atoms with van der Waals surface area (Å²) in [6.07, 6.45) is 18.0. The van der Waals surface area contributed by atoms with Crippen molar-refractivity contribution in [1.82, 2.24) is 0 Å². The van der Waals surface area contributed by atoms with Crippen LogP contribution < -0.4 is 0 Å². The van der Waals surface area contributed by atoms with E-state index in [4.69, 9.17) is 0 Å². The zero-order valence-electron chi connectivity index (χ0n) is 13.0. The summed E-state index contributed by atoms with van der Waals surface area (Å²) in [5.41, 5.74) is 0. The van der Waals surface area contributed by atoms with Crippen molar-refractivity contribution in [2.24, 2.45) is 0 Å². The summed E-state index contributed by atoms with van der Waals surface area (Å²) in [6.45, 7) is 9.56. The Balaban J connectivity index is 3.85. The molecule has 0 aromatic carbocycles. The first-order valence-corrected chi connectivity index (χ1v) is 11.1. The second-order valence-corrected chi connectivity index (χ2v) is 11.2. The van der Waals surface area contributed by atoms with Crippen LogP contribution in [0.1, 0.15) is 79.1 Å². The Hall–Kier alpha value is 0.430. The van der Waals surface area contributed by atoms with Crippen LogP contribution in [0.3, 0.4) is 0 Å². The summed E-state index contributed by atoms with van der Waals surface area (Å²) in [5.74, 6) is 0. The first-order valence-electron chi connectivity index (χ1n) is 8.24. The molecule has 0 N–H and O–H groups in total. The minimum atomic E-state index is -0.841. The molecule has 0 nitrogen and oxygen atoms in total. The Kier molecular flexibility index (Phi) is 11.8. The van der Waals surface area contributed by atoms with E-state index < -0.39 is 7.26 Å². The molecule has 0 radical (unpaired) electrons. The average Bonchev–Trinajstić information content (AvgIpc) is 2.37. The van der Waals surface area contributed by atoms with Gasteiger partial charge in [0, 0.05) is 0 Å². The van der Waals surface area contributed by atoms with Gasteiger partial charge in [-0.15, -0.1) is 0 Å². The molecule has 0 unspecified atom stereocenters. The second-order valence-electron chi connectivity index (χ2n) is 5.83. The molecule has 0 aliphatic heterocycles. The van der Waals surface area contributed by atoms with E-state index in [-0.39, 0.29) is 0 Å². The molecule has 0 saturated carbocycles. The SMILES string of the molecule is CCCCCCC[PH](CC)(CC)CCCCC. The molecule has 106 valence electrons. The predicted molar refractivity (Wildman–Crippen MR) is 87.4 cm³/mol. The summed E-state index contributed by atoms with van der Waals surface area (Å²) >= 11 is 0. The number of hydrogen-bond acceptors (Lipinski definition) is 0. The fraction of sp³-hybridized carbons (Fsp3) is 1.00. The van der Waals surface area contributed by atoms with Crippen LogP contribution in [0.15, 0.2) is 0 Å². The Labute approximate surface area is 111 Å². The van der Waals surface area contributed by atoms with E-state index in [2.05, 4.69) is 27.7 Å². The standard InChI is InChI=1S/C16H37P/c1-5-9-11-12-14-16-17(7-3,8-4)15-13-10-6-2/h17H,5-16H2,1-4H3. The molecular formula is C16H37P. The van der Waals surface area contributed by atoms with Crippen LogP contribution in [0.2, 0.25) is 0 Å². The van der Waals surface area contributed by atoms with Crippen LogP contribution in [0, 0.1) is 0 Å². The normalized spacial score (nSPS) is 12.9. The topological polar surface area (TPSA) is 0 Å². The fourth-order valence-corrected chi connectivity index (χ4v) is 7.10. The molecule has 0 aliphatic carbocycles. The Bertz CT molecular complexity index is 150. The quantitative estimate of drug-likeness (QED) is 0.301. The zero-order valence-corrected chi connectivity index (χ0v) is 14.0. The van der Waals surface area contributed by atoms with Gasteiger partial charge in [0.1, 0.15) is 0 Å². The van der Waals surface area contributed by atoms with Crippen LogP contribution in [-0.2, 0) is 0 Å². The first kappa shape index (κ1) is 17.4. The third-order valence-corrected chi connectivity index (χ3v) is 10.4. The van der Waals surface area contributed by atoms with Crippen molar-refractivity contribution in [3.8, 4) is 0 Å². The van der Waals surface area contributed by atoms with Gasteiger partial charge < -0.3 is 0 Å². The van der Waals surface area contributed by atoms with Gasteiger partial charge in [0.25, 0.3) is 0 Å². The zero-order chi connectivity index (χ0) is 13.0. The molecule has 0 rings (SSSR count). The van der Waals surface area contributed by atoms with Gasteiger partial charge >= 0.3 is 111 Å². The van der Waals surface area contributed by atoms with Crippen LogP contribution in [0.4, 0.5) is 0 Å². The van der Waals surface area contributed by atoms with Gasteiger partial charge in [0.15, 0.2) is 0 Å². The van der Waals surface area contributed by atoms with Crippen molar-refractivity contribution in [1.29, 1.82) is 0 Å². The fourth-order valence-electron chi connectivity index (χ4n) is 2.94. The van der Waals surface area contributed by atoms with E-state index in [1.165, 1.54) is 63.7 Å². The summed E-state index contributed by atoms with van der Waals surface area (Å²) in [5, 5.41) is 0. The summed E-state index contributed by atoms with van der Waals surface area (Å²) in [7, 11) is -0.841. The third kappa shape index (κ3) is 8.20. The molecule has 0 heterocycles. The van der Waals surface area contributed by atoms with Gasteiger partial charge in [-0.25, -0.2) is 0 Å². The van der Waals surface area contributed by atoms with Gasteiger partial charge in [-0.3, -0.25) is 0 Å². The maximum absolute atomic E-state index is 2.47. The van der Waals surface area contributed by atoms with Crippen LogP contribution >= 0.6 is 7.26 Å². The Morgan fingerprint density at radius 2 is 0.941 bits per heavy atom. The number of rotatable bonds is 12. The molecule has 0 fully saturated rings. The van der Waals surface area contributed by atoms with E-state index in [1.54, 1.807) is 12.3 Å². The maximum atomic E-state index is 2.47. The molecule has 0 aromatic rings. The Morgan fingerprint density at radius 1 is 0.529 bits per heavy atom. The van der Waals surface area contributed by atoms with Crippen molar-refractivity contribution in [3.63, 3.8) is 0 Å². The molecule has 0 bridgehead atoms.